The molecule has 3 heterocycles. The van der Waals surface area contributed by atoms with Gasteiger partial charge in [0.25, 0.3) is 0 Å². The smallest absolute Gasteiger partial charge is 0.143 e. The van der Waals surface area contributed by atoms with Gasteiger partial charge in [-0.2, -0.15) is 0 Å². The van der Waals surface area contributed by atoms with Crippen molar-refractivity contribution in [3.8, 4) is 0 Å². The van der Waals surface area contributed by atoms with Gasteiger partial charge in [-0.25, -0.2) is 9.97 Å². The van der Waals surface area contributed by atoms with Gasteiger partial charge in [0.15, 0.2) is 0 Å². The van der Waals surface area contributed by atoms with Crippen molar-refractivity contribution in [2.45, 2.75) is 35.1 Å². The van der Waals surface area contributed by atoms with Crippen molar-refractivity contribution in [3.05, 3.63) is 80.0 Å². The number of aromatic nitrogens is 2. The molecule has 1 saturated heterocycles. The molecule has 2 aromatic carbocycles. The van der Waals surface area contributed by atoms with E-state index >= 15 is 0 Å². The van der Waals surface area contributed by atoms with Crippen LogP contribution < -0.4 is 16.4 Å². The second kappa shape index (κ2) is 9.48. The van der Waals surface area contributed by atoms with Gasteiger partial charge in [-0.1, -0.05) is 29.4 Å². The van der Waals surface area contributed by atoms with E-state index < -0.39 is 0 Å². The zero-order valence-corrected chi connectivity index (χ0v) is 24.1. The van der Waals surface area contributed by atoms with Gasteiger partial charge in [-0.3, -0.25) is 0 Å². The topological polar surface area (TPSA) is 81.1 Å². The Balaban J connectivity index is 1.18. The number of nitrogen functional groups attached to an aromatic ring is 1. The van der Waals surface area contributed by atoms with Crippen molar-refractivity contribution < 1.29 is 0 Å². The maximum Gasteiger partial charge on any atom is 0.143 e. The predicted molar refractivity (Wildman–Crippen MR) is 156 cm³/mol. The summed E-state index contributed by atoms with van der Waals surface area (Å²) in [6.45, 7) is 1.91. The molecule has 0 saturated carbocycles. The van der Waals surface area contributed by atoms with Crippen molar-refractivity contribution in [2.75, 3.05) is 23.7 Å². The molecule has 6 rings (SSSR count). The van der Waals surface area contributed by atoms with Crippen LogP contribution in [-0.2, 0) is 6.42 Å². The summed E-state index contributed by atoms with van der Waals surface area (Å²) in [6.07, 6.45) is 6.80. The molecule has 0 amide bonds. The highest BCUT2D eigenvalue weighted by atomic mass is 79.9. The fraction of sp³-hybridized carbons (Fsp3) is 0.259. The summed E-state index contributed by atoms with van der Waals surface area (Å²) >= 11 is 15.2. The Hall–Kier alpha value is -1.84. The number of hydrogen-bond acceptors (Lipinski definition) is 6. The molecule has 1 aliphatic heterocycles. The van der Waals surface area contributed by atoms with Crippen LogP contribution in [0.25, 0.3) is 10.8 Å². The van der Waals surface area contributed by atoms with Crippen LogP contribution in [0.5, 0.6) is 0 Å². The number of halogens is 3. The first-order valence-corrected chi connectivity index (χ1v) is 14.6. The average molecular weight is 646 g/mol. The number of rotatable bonds is 3. The van der Waals surface area contributed by atoms with Gasteiger partial charge in [-0.05, 0) is 109 Å². The third-order valence-electron chi connectivity index (χ3n) is 7.59. The lowest BCUT2D eigenvalue weighted by molar-refractivity contribution is 0.187. The molecule has 0 bridgehead atoms. The van der Waals surface area contributed by atoms with E-state index in [0.717, 1.165) is 62.3 Å². The van der Waals surface area contributed by atoms with Crippen LogP contribution in [0.2, 0.25) is 5.02 Å². The third-order valence-corrected chi connectivity index (χ3v) is 11.0. The molecule has 1 fully saturated rings. The molecule has 2 aliphatic rings. The molecule has 0 radical (unpaired) electrons. The van der Waals surface area contributed by atoms with Gasteiger partial charge in [0.2, 0.25) is 0 Å². The third kappa shape index (κ3) is 4.31. The fourth-order valence-electron chi connectivity index (χ4n) is 5.53. The second-order valence-corrected chi connectivity index (χ2v) is 12.8. The first-order chi connectivity index (χ1) is 17.3. The predicted octanol–water partition coefficient (Wildman–Crippen LogP) is 7.38. The first-order valence-electron chi connectivity index (χ1n) is 11.8. The molecule has 1 aliphatic carbocycles. The Labute approximate surface area is 236 Å². The maximum absolute atomic E-state index is 6.83. The molecule has 9 heteroatoms. The normalized spacial score (nSPS) is 18.7. The van der Waals surface area contributed by atoms with E-state index in [1.165, 1.54) is 16.5 Å². The minimum atomic E-state index is 0.0729. The number of piperidine rings is 1. The second-order valence-electron chi connectivity index (χ2n) is 9.63. The molecule has 5 nitrogen and oxygen atoms in total. The molecule has 4 N–H and O–H groups in total. The van der Waals surface area contributed by atoms with Crippen molar-refractivity contribution in [1.82, 2.24) is 9.97 Å². The summed E-state index contributed by atoms with van der Waals surface area (Å²) < 4.78 is 2.17. The van der Waals surface area contributed by atoms with Crippen LogP contribution in [0.1, 0.15) is 30.0 Å². The van der Waals surface area contributed by atoms with Gasteiger partial charge in [0.05, 0.1) is 5.02 Å². The number of benzene rings is 2. The quantitative estimate of drug-likeness (QED) is 0.242. The monoisotopic (exact) mass is 643 g/mol. The lowest BCUT2D eigenvalue weighted by Gasteiger charge is -2.42. The SMILES string of the molecule is Nc1nccc(Sc2ccc3cc(N4CCC5(CC4)Cc4cc(Br)c(Br)cc4[C@H]5N)ncc3c2)c1Cl. The Kier molecular flexibility index (Phi) is 6.45. The summed E-state index contributed by atoms with van der Waals surface area (Å²) in [5.74, 6) is 1.37. The van der Waals surface area contributed by atoms with E-state index in [1.54, 1.807) is 18.0 Å². The number of nitrogens with zero attached hydrogens (tertiary/aromatic N) is 3. The van der Waals surface area contributed by atoms with Gasteiger partial charge in [0, 0.05) is 55.6 Å². The van der Waals surface area contributed by atoms with Crippen molar-refractivity contribution in [2.24, 2.45) is 11.1 Å². The summed E-state index contributed by atoms with van der Waals surface area (Å²) in [6, 6.07) is 15.0. The summed E-state index contributed by atoms with van der Waals surface area (Å²) in [4.78, 5) is 13.2. The highest BCUT2D eigenvalue weighted by Crippen LogP contribution is 2.52. The zero-order valence-electron chi connectivity index (χ0n) is 19.3. The first kappa shape index (κ1) is 24.5. The van der Waals surface area contributed by atoms with Gasteiger partial charge in [0.1, 0.15) is 11.6 Å². The standard InChI is InChI=1S/C27H24Br2ClN5S/c28-20-10-16-13-27(25(31)19(16)12-21(20)29)4-7-35(8-5-27)23-11-15-1-2-18(9-17(15)14-34-23)36-22-3-6-33-26(32)24(22)30/h1-3,6,9-12,14,25H,4-5,7-8,13,31H2,(H2,32,33)/t25-/m1/s1. The summed E-state index contributed by atoms with van der Waals surface area (Å²) in [5.41, 5.74) is 15.5. The number of fused-ring (bicyclic) bond motifs is 2. The minimum Gasteiger partial charge on any atom is -0.382 e. The number of pyridine rings is 2. The molecular formula is C27H24Br2ClN5S. The Morgan fingerprint density at radius 1 is 1.00 bits per heavy atom. The van der Waals surface area contributed by atoms with Crippen LogP contribution in [0.3, 0.4) is 0 Å². The number of nitrogens with two attached hydrogens (primary N) is 2. The molecule has 1 spiro atoms. The fourth-order valence-corrected chi connectivity index (χ4v) is 7.40. The molecule has 4 aromatic rings. The molecule has 36 heavy (non-hydrogen) atoms. The summed E-state index contributed by atoms with van der Waals surface area (Å²) in [7, 11) is 0. The highest BCUT2D eigenvalue weighted by molar-refractivity contribution is 9.13. The highest BCUT2D eigenvalue weighted by Gasteiger charge is 2.46. The lowest BCUT2D eigenvalue weighted by atomic mass is 9.73. The van der Waals surface area contributed by atoms with E-state index in [2.05, 4.69) is 78.1 Å². The van der Waals surface area contributed by atoms with E-state index in [9.17, 15) is 0 Å². The van der Waals surface area contributed by atoms with E-state index in [0.29, 0.717) is 10.8 Å². The number of anilines is 2. The Morgan fingerprint density at radius 3 is 2.58 bits per heavy atom. The number of hydrogen-bond donors (Lipinski definition) is 2. The van der Waals surface area contributed by atoms with Crippen molar-refractivity contribution in [1.29, 1.82) is 0 Å². The zero-order chi connectivity index (χ0) is 25.0. The van der Waals surface area contributed by atoms with Crippen molar-refractivity contribution in [3.63, 3.8) is 0 Å². The van der Waals surface area contributed by atoms with Crippen LogP contribution in [0, 0.1) is 5.41 Å². The largest absolute Gasteiger partial charge is 0.382 e. The molecule has 1 atom stereocenters. The molecule has 184 valence electrons. The molecule has 0 unspecified atom stereocenters. The van der Waals surface area contributed by atoms with Gasteiger partial charge in [-0.15, -0.1) is 0 Å². The Bertz CT molecular complexity index is 1490. The average Bonchev–Trinajstić information content (AvgIpc) is 3.12. The van der Waals surface area contributed by atoms with Gasteiger partial charge < -0.3 is 16.4 Å². The molecule has 2 aromatic heterocycles. The van der Waals surface area contributed by atoms with Gasteiger partial charge >= 0.3 is 0 Å². The van der Waals surface area contributed by atoms with Crippen LogP contribution in [0.4, 0.5) is 11.6 Å². The minimum absolute atomic E-state index is 0.0729. The maximum atomic E-state index is 6.83. The van der Waals surface area contributed by atoms with Crippen molar-refractivity contribution >= 4 is 77.6 Å². The summed E-state index contributed by atoms with van der Waals surface area (Å²) in [5, 5.41) is 2.76. The lowest BCUT2D eigenvalue weighted by Crippen LogP contribution is -2.44. The van der Waals surface area contributed by atoms with E-state index in [1.807, 2.05) is 12.3 Å². The molecular weight excluding hydrogens is 622 g/mol. The van der Waals surface area contributed by atoms with E-state index in [-0.39, 0.29) is 11.5 Å². The van der Waals surface area contributed by atoms with Crippen LogP contribution in [-0.4, -0.2) is 23.1 Å². The van der Waals surface area contributed by atoms with Crippen LogP contribution >= 0.6 is 55.2 Å². The van der Waals surface area contributed by atoms with E-state index in [4.69, 9.17) is 28.1 Å². The van der Waals surface area contributed by atoms with Crippen LogP contribution in [0.15, 0.2) is 73.6 Å². The Morgan fingerprint density at radius 2 is 1.78 bits per heavy atom.